The van der Waals surface area contributed by atoms with Crippen molar-refractivity contribution in [2.45, 2.75) is 19.8 Å². The minimum absolute atomic E-state index is 0.0849. The first-order valence-electron chi connectivity index (χ1n) is 7.73. The van der Waals surface area contributed by atoms with Crippen molar-refractivity contribution in [2.24, 2.45) is 0 Å². The quantitative estimate of drug-likeness (QED) is 0.893. The molecule has 0 spiro atoms. The fourth-order valence-electron chi connectivity index (χ4n) is 2.24. The normalized spacial score (nSPS) is 10.3. The van der Waals surface area contributed by atoms with E-state index >= 15 is 0 Å². The van der Waals surface area contributed by atoms with Crippen LogP contribution in [0, 0.1) is 6.92 Å². The van der Waals surface area contributed by atoms with E-state index in [4.69, 9.17) is 11.6 Å². The van der Waals surface area contributed by atoms with Gasteiger partial charge in [-0.25, -0.2) is 0 Å². The Labute approximate surface area is 147 Å². The largest absolute Gasteiger partial charge is 0.345 e. The molecule has 0 bridgehead atoms. The number of anilines is 1. The molecule has 0 aliphatic rings. The number of halogens is 1. The summed E-state index contributed by atoms with van der Waals surface area (Å²) in [7, 11) is 3.33. The second-order valence-corrected chi connectivity index (χ2v) is 6.34. The molecule has 0 heterocycles. The number of carbonyl (C=O) groups excluding carboxylic acids is 2. The Hall–Kier alpha value is -2.33. The van der Waals surface area contributed by atoms with Gasteiger partial charge in [-0.1, -0.05) is 41.4 Å². The number of rotatable bonds is 5. The summed E-state index contributed by atoms with van der Waals surface area (Å²) in [4.78, 5) is 25.5. The summed E-state index contributed by atoms with van der Waals surface area (Å²) in [5.74, 6) is -0.254. The van der Waals surface area contributed by atoms with Crippen molar-refractivity contribution in [1.82, 2.24) is 4.90 Å². The second kappa shape index (κ2) is 7.97. The van der Waals surface area contributed by atoms with E-state index in [0.29, 0.717) is 29.1 Å². The molecule has 5 heteroatoms. The van der Waals surface area contributed by atoms with Gasteiger partial charge in [-0.05, 0) is 37.1 Å². The molecule has 2 rings (SSSR count). The fraction of sp³-hybridized carbons (Fsp3) is 0.263. The van der Waals surface area contributed by atoms with Crippen LogP contribution in [-0.4, -0.2) is 30.8 Å². The average molecular weight is 345 g/mol. The van der Waals surface area contributed by atoms with Crippen molar-refractivity contribution in [3.63, 3.8) is 0 Å². The van der Waals surface area contributed by atoms with Crippen molar-refractivity contribution in [3.8, 4) is 0 Å². The zero-order chi connectivity index (χ0) is 17.7. The number of aryl methyl sites for hydroxylation is 2. The van der Waals surface area contributed by atoms with Gasteiger partial charge in [0.15, 0.2) is 0 Å². The molecule has 2 amide bonds. The van der Waals surface area contributed by atoms with E-state index in [9.17, 15) is 9.59 Å². The van der Waals surface area contributed by atoms with Crippen LogP contribution in [0.15, 0.2) is 42.5 Å². The molecule has 0 aliphatic heterocycles. The Balaban J connectivity index is 1.95. The molecular formula is C19H21ClN2O2. The first-order valence-corrected chi connectivity index (χ1v) is 8.11. The number of amides is 2. The van der Waals surface area contributed by atoms with Crippen molar-refractivity contribution in [3.05, 3.63) is 64.2 Å². The van der Waals surface area contributed by atoms with E-state index in [1.165, 1.54) is 10.5 Å². The first-order chi connectivity index (χ1) is 11.4. The lowest BCUT2D eigenvalue weighted by Gasteiger charge is -2.13. The molecule has 0 radical (unpaired) electrons. The number of hydrogen-bond acceptors (Lipinski definition) is 2. The van der Waals surface area contributed by atoms with Gasteiger partial charge >= 0.3 is 0 Å². The fourth-order valence-corrected chi connectivity index (χ4v) is 2.50. The highest BCUT2D eigenvalue weighted by Crippen LogP contribution is 2.22. The van der Waals surface area contributed by atoms with Crippen LogP contribution in [0.3, 0.4) is 0 Å². The van der Waals surface area contributed by atoms with Crippen LogP contribution in [0.2, 0.25) is 5.02 Å². The summed E-state index contributed by atoms with van der Waals surface area (Å²) in [5, 5.41) is 3.14. The number of nitrogens with one attached hydrogen (secondary N) is 1. The zero-order valence-corrected chi connectivity index (χ0v) is 14.9. The van der Waals surface area contributed by atoms with E-state index in [-0.39, 0.29) is 11.8 Å². The molecule has 0 saturated heterocycles. The van der Waals surface area contributed by atoms with Gasteiger partial charge in [0.2, 0.25) is 5.91 Å². The van der Waals surface area contributed by atoms with Gasteiger partial charge in [0.1, 0.15) is 0 Å². The van der Waals surface area contributed by atoms with Crippen molar-refractivity contribution < 1.29 is 9.59 Å². The monoisotopic (exact) mass is 344 g/mol. The van der Waals surface area contributed by atoms with E-state index < -0.39 is 0 Å². The van der Waals surface area contributed by atoms with Crippen molar-refractivity contribution >= 4 is 29.1 Å². The van der Waals surface area contributed by atoms with Gasteiger partial charge in [0.05, 0.1) is 10.6 Å². The highest BCUT2D eigenvalue weighted by molar-refractivity contribution is 6.34. The molecule has 2 aromatic rings. The third-order valence-corrected chi connectivity index (χ3v) is 3.96. The van der Waals surface area contributed by atoms with Crippen LogP contribution < -0.4 is 5.32 Å². The van der Waals surface area contributed by atoms with E-state index in [1.807, 2.05) is 31.2 Å². The van der Waals surface area contributed by atoms with Gasteiger partial charge < -0.3 is 10.2 Å². The average Bonchev–Trinajstić information content (AvgIpc) is 2.54. The summed E-state index contributed by atoms with van der Waals surface area (Å²) in [6, 6.07) is 13.0. The Kier molecular flexibility index (Phi) is 5.99. The zero-order valence-electron chi connectivity index (χ0n) is 14.1. The predicted octanol–water partition coefficient (Wildman–Crippen LogP) is 3.92. The van der Waals surface area contributed by atoms with E-state index in [1.54, 1.807) is 32.3 Å². The van der Waals surface area contributed by atoms with Crippen molar-refractivity contribution in [1.29, 1.82) is 0 Å². The molecule has 4 nitrogen and oxygen atoms in total. The molecule has 0 fully saturated rings. The molecule has 0 atom stereocenters. The Morgan fingerprint density at radius 2 is 1.75 bits per heavy atom. The Bertz CT molecular complexity index is 740. The van der Waals surface area contributed by atoms with Gasteiger partial charge in [-0.3, -0.25) is 9.59 Å². The molecule has 2 aromatic carbocycles. The van der Waals surface area contributed by atoms with E-state index in [0.717, 1.165) is 5.56 Å². The van der Waals surface area contributed by atoms with Crippen LogP contribution in [-0.2, 0) is 11.2 Å². The summed E-state index contributed by atoms with van der Waals surface area (Å²) < 4.78 is 0. The lowest BCUT2D eigenvalue weighted by molar-refractivity contribution is -0.116. The van der Waals surface area contributed by atoms with Gasteiger partial charge in [-0.2, -0.15) is 0 Å². The van der Waals surface area contributed by atoms with Gasteiger partial charge in [0.25, 0.3) is 5.91 Å². The van der Waals surface area contributed by atoms with Gasteiger partial charge in [-0.15, -0.1) is 0 Å². The summed E-state index contributed by atoms with van der Waals surface area (Å²) in [6.45, 7) is 2.03. The molecule has 0 unspecified atom stereocenters. The smallest absolute Gasteiger partial charge is 0.254 e. The van der Waals surface area contributed by atoms with Crippen LogP contribution in [0.4, 0.5) is 5.69 Å². The molecule has 126 valence electrons. The topological polar surface area (TPSA) is 49.4 Å². The summed E-state index contributed by atoms with van der Waals surface area (Å²) in [6.07, 6.45) is 1.07. The molecule has 24 heavy (non-hydrogen) atoms. The summed E-state index contributed by atoms with van der Waals surface area (Å²) in [5.41, 5.74) is 3.33. The minimum atomic E-state index is -0.169. The Morgan fingerprint density at radius 1 is 1.08 bits per heavy atom. The number of carbonyl (C=O) groups is 2. The molecule has 0 aromatic heterocycles. The SMILES string of the molecule is Cc1ccc(CCC(=O)Nc2ccc(C(=O)N(C)C)c(Cl)c2)cc1. The predicted molar refractivity (Wildman–Crippen MR) is 97.6 cm³/mol. The lowest BCUT2D eigenvalue weighted by atomic mass is 10.1. The third kappa shape index (κ3) is 4.83. The standard InChI is InChI=1S/C19H21ClN2O2/c1-13-4-6-14(7-5-13)8-11-18(23)21-15-9-10-16(17(20)12-15)19(24)22(2)3/h4-7,9-10,12H,8,11H2,1-3H3,(H,21,23). The number of hydrogen-bond donors (Lipinski definition) is 1. The highest BCUT2D eigenvalue weighted by Gasteiger charge is 2.13. The van der Waals surface area contributed by atoms with Crippen LogP contribution in [0.25, 0.3) is 0 Å². The number of benzene rings is 2. The number of nitrogens with zero attached hydrogens (tertiary/aromatic N) is 1. The molecule has 1 N–H and O–H groups in total. The molecule has 0 aliphatic carbocycles. The van der Waals surface area contributed by atoms with E-state index in [2.05, 4.69) is 5.32 Å². The Morgan fingerprint density at radius 3 is 2.33 bits per heavy atom. The van der Waals surface area contributed by atoms with Crippen LogP contribution in [0.5, 0.6) is 0 Å². The first kappa shape index (κ1) is 18.0. The van der Waals surface area contributed by atoms with Crippen molar-refractivity contribution in [2.75, 3.05) is 19.4 Å². The maximum Gasteiger partial charge on any atom is 0.254 e. The molecular weight excluding hydrogens is 324 g/mol. The van der Waals surface area contributed by atoms with Crippen LogP contribution >= 0.6 is 11.6 Å². The maximum absolute atomic E-state index is 12.1. The van der Waals surface area contributed by atoms with Gasteiger partial charge in [0, 0.05) is 26.2 Å². The molecule has 0 saturated carbocycles. The highest BCUT2D eigenvalue weighted by atomic mass is 35.5. The minimum Gasteiger partial charge on any atom is -0.345 e. The second-order valence-electron chi connectivity index (χ2n) is 5.93. The lowest BCUT2D eigenvalue weighted by Crippen LogP contribution is -2.22. The third-order valence-electron chi connectivity index (χ3n) is 3.65. The van der Waals surface area contributed by atoms with Crippen LogP contribution in [0.1, 0.15) is 27.9 Å². The maximum atomic E-state index is 12.1. The summed E-state index contributed by atoms with van der Waals surface area (Å²) >= 11 is 6.14.